The highest BCUT2D eigenvalue weighted by molar-refractivity contribution is 5.23. The van der Waals surface area contributed by atoms with Crippen LogP contribution in [0.1, 0.15) is 24.3 Å². The van der Waals surface area contributed by atoms with Crippen molar-refractivity contribution in [3.05, 3.63) is 29.6 Å². The number of alkyl halides is 3. The van der Waals surface area contributed by atoms with Gasteiger partial charge in [-0.25, -0.2) is 0 Å². The van der Waals surface area contributed by atoms with Crippen molar-refractivity contribution in [2.24, 2.45) is 0 Å². The second kappa shape index (κ2) is 3.96. The largest absolute Gasteiger partial charge is 0.418 e. The molecule has 0 spiro atoms. The van der Waals surface area contributed by atoms with Gasteiger partial charge in [-0.05, 0) is 12.5 Å². The molecule has 0 amide bonds. The maximum absolute atomic E-state index is 12.2. The SMILES string of the molecule is CCc1ncccc1C(O)C(F)(F)F. The van der Waals surface area contributed by atoms with Gasteiger partial charge in [0.25, 0.3) is 0 Å². The number of nitrogens with zero attached hydrogens (tertiary/aromatic N) is 1. The lowest BCUT2D eigenvalue weighted by atomic mass is 10.1. The Morgan fingerprint density at radius 1 is 1.50 bits per heavy atom. The lowest BCUT2D eigenvalue weighted by molar-refractivity contribution is -0.207. The van der Waals surface area contributed by atoms with Gasteiger partial charge in [-0.3, -0.25) is 4.98 Å². The maximum Gasteiger partial charge on any atom is 0.418 e. The number of hydrogen-bond donors (Lipinski definition) is 1. The van der Waals surface area contributed by atoms with E-state index in [9.17, 15) is 13.2 Å². The van der Waals surface area contributed by atoms with Gasteiger partial charge in [-0.2, -0.15) is 13.2 Å². The van der Waals surface area contributed by atoms with Crippen molar-refractivity contribution in [3.8, 4) is 0 Å². The van der Waals surface area contributed by atoms with Gasteiger partial charge in [0, 0.05) is 17.5 Å². The third-order valence-electron chi connectivity index (χ3n) is 1.86. The molecule has 0 saturated heterocycles. The minimum Gasteiger partial charge on any atom is -0.379 e. The summed E-state index contributed by atoms with van der Waals surface area (Å²) in [5, 5.41) is 9.00. The quantitative estimate of drug-likeness (QED) is 0.803. The Kier molecular flexibility index (Phi) is 3.10. The number of halogens is 3. The Morgan fingerprint density at radius 2 is 2.14 bits per heavy atom. The standard InChI is InChI=1S/C9H10F3NO/c1-2-7-6(4-3-5-13-7)8(14)9(10,11)12/h3-5,8,14H,2H2,1H3. The monoisotopic (exact) mass is 205 g/mol. The molecule has 78 valence electrons. The first kappa shape index (κ1) is 11.0. The molecule has 2 nitrogen and oxygen atoms in total. The molecule has 14 heavy (non-hydrogen) atoms. The second-order valence-electron chi connectivity index (χ2n) is 2.84. The molecular weight excluding hydrogens is 195 g/mol. The Balaban J connectivity index is 3.06. The van der Waals surface area contributed by atoms with Crippen LogP contribution >= 0.6 is 0 Å². The Morgan fingerprint density at radius 3 is 2.64 bits per heavy atom. The summed E-state index contributed by atoms with van der Waals surface area (Å²) in [6.45, 7) is 1.69. The van der Waals surface area contributed by atoms with Crippen LogP contribution in [0.5, 0.6) is 0 Å². The van der Waals surface area contributed by atoms with Crippen LogP contribution in [0.3, 0.4) is 0 Å². The summed E-state index contributed by atoms with van der Waals surface area (Å²) in [4.78, 5) is 3.77. The second-order valence-corrected chi connectivity index (χ2v) is 2.84. The molecule has 1 atom stereocenters. The van der Waals surface area contributed by atoms with Crippen LogP contribution in [0.15, 0.2) is 18.3 Å². The van der Waals surface area contributed by atoms with Crippen molar-refractivity contribution < 1.29 is 18.3 Å². The van der Waals surface area contributed by atoms with Crippen molar-refractivity contribution in [1.29, 1.82) is 0 Å². The third kappa shape index (κ3) is 2.23. The molecule has 1 rings (SSSR count). The number of aliphatic hydroxyl groups is 1. The molecule has 1 unspecified atom stereocenters. The van der Waals surface area contributed by atoms with Gasteiger partial charge in [0.2, 0.25) is 0 Å². The van der Waals surface area contributed by atoms with E-state index in [-0.39, 0.29) is 11.3 Å². The van der Waals surface area contributed by atoms with E-state index >= 15 is 0 Å². The highest BCUT2D eigenvalue weighted by atomic mass is 19.4. The minimum absolute atomic E-state index is 0.164. The topological polar surface area (TPSA) is 33.1 Å². The van der Waals surface area contributed by atoms with E-state index in [1.165, 1.54) is 18.3 Å². The molecule has 1 heterocycles. The molecule has 1 aromatic heterocycles. The number of pyridine rings is 1. The first-order chi connectivity index (χ1) is 6.46. The summed E-state index contributed by atoms with van der Waals surface area (Å²) in [5.41, 5.74) is 0.111. The van der Waals surface area contributed by atoms with Gasteiger partial charge in [0.05, 0.1) is 0 Å². The molecule has 0 aliphatic rings. The number of aryl methyl sites for hydroxylation is 1. The van der Waals surface area contributed by atoms with Gasteiger partial charge in [0.15, 0.2) is 6.10 Å². The van der Waals surface area contributed by atoms with E-state index in [0.717, 1.165) is 0 Å². The summed E-state index contributed by atoms with van der Waals surface area (Å²) in [7, 11) is 0. The van der Waals surface area contributed by atoms with E-state index in [4.69, 9.17) is 5.11 Å². The third-order valence-corrected chi connectivity index (χ3v) is 1.86. The molecule has 0 aliphatic carbocycles. The van der Waals surface area contributed by atoms with E-state index in [1.54, 1.807) is 6.92 Å². The normalized spacial score (nSPS) is 14.1. The van der Waals surface area contributed by atoms with Gasteiger partial charge in [-0.15, -0.1) is 0 Å². The first-order valence-corrected chi connectivity index (χ1v) is 4.15. The van der Waals surface area contributed by atoms with Crippen molar-refractivity contribution in [3.63, 3.8) is 0 Å². The van der Waals surface area contributed by atoms with Crippen LogP contribution in [0.25, 0.3) is 0 Å². The van der Waals surface area contributed by atoms with Crippen molar-refractivity contribution in [2.45, 2.75) is 25.6 Å². The number of aromatic nitrogens is 1. The fourth-order valence-corrected chi connectivity index (χ4v) is 1.17. The van der Waals surface area contributed by atoms with Crippen LogP contribution < -0.4 is 0 Å². The highest BCUT2D eigenvalue weighted by Crippen LogP contribution is 2.33. The average Bonchev–Trinajstić information content (AvgIpc) is 2.15. The predicted octanol–water partition coefficient (Wildman–Crippen LogP) is 2.24. The maximum atomic E-state index is 12.2. The average molecular weight is 205 g/mol. The van der Waals surface area contributed by atoms with E-state index in [1.807, 2.05) is 0 Å². The Bertz CT molecular complexity index is 311. The predicted molar refractivity (Wildman–Crippen MR) is 44.6 cm³/mol. The van der Waals surface area contributed by atoms with Crippen molar-refractivity contribution >= 4 is 0 Å². The summed E-state index contributed by atoms with van der Waals surface area (Å²) in [5.74, 6) is 0. The van der Waals surface area contributed by atoms with Gasteiger partial charge in [0.1, 0.15) is 0 Å². The summed E-state index contributed by atoms with van der Waals surface area (Å²) < 4.78 is 36.5. The summed E-state index contributed by atoms with van der Waals surface area (Å²) in [6.07, 6.45) is -5.30. The van der Waals surface area contributed by atoms with Crippen molar-refractivity contribution in [1.82, 2.24) is 4.98 Å². The van der Waals surface area contributed by atoms with Gasteiger partial charge < -0.3 is 5.11 Å². The first-order valence-electron chi connectivity index (χ1n) is 4.15. The van der Waals surface area contributed by atoms with Crippen LogP contribution in [0, 0.1) is 0 Å². The van der Waals surface area contributed by atoms with Gasteiger partial charge in [-0.1, -0.05) is 13.0 Å². The molecule has 0 radical (unpaired) electrons. The Labute approximate surface area is 79.4 Å². The lowest BCUT2D eigenvalue weighted by Gasteiger charge is -2.16. The molecule has 0 aromatic carbocycles. The van der Waals surface area contributed by atoms with Crippen LogP contribution in [0.4, 0.5) is 13.2 Å². The zero-order valence-corrected chi connectivity index (χ0v) is 7.54. The molecule has 0 bridgehead atoms. The number of hydrogen-bond acceptors (Lipinski definition) is 2. The van der Waals surface area contributed by atoms with E-state index < -0.39 is 12.3 Å². The van der Waals surface area contributed by atoms with Crippen LogP contribution in [-0.4, -0.2) is 16.3 Å². The molecule has 5 heteroatoms. The van der Waals surface area contributed by atoms with Gasteiger partial charge >= 0.3 is 6.18 Å². The summed E-state index contributed by atoms with van der Waals surface area (Å²) >= 11 is 0. The fourth-order valence-electron chi connectivity index (χ4n) is 1.17. The zero-order valence-electron chi connectivity index (χ0n) is 7.54. The number of aliphatic hydroxyl groups excluding tert-OH is 1. The molecular formula is C9H10F3NO. The molecule has 1 N–H and O–H groups in total. The fraction of sp³-hybridized carbons (Fsp3) is 0.444. The van der Waals surface area contributed by atoms with E-state index in [0.29, 0.717) is 6.42 Å². The van der Waals surface area contributed by atoms with Crippen molar-refractivity contribution in [2.75, 3.05) is 0 Å². The smallest absolute Gasteiger partial charge is 0.379 e. The van der Waals surface area contributed by atoms with E-state index in [2.05, 4.69) is 4.98 Å². The molecule has 0 fully saturated rings. The minimum atomic E-state index is -4.63. The molecule has 0 saturated carbocycles. The summed E-state index contributed by atoms with van der Waals surface area (Å²) in [6, 6.07) is 2.62. The van der Waals surface area contributed by atoms with Crippen LogP contribution in [-0.2, 0) is 6.42 Å². The molecule has 0 aliphatic heterocycles. The lowest BCUT2D eigenvalue weighted by Crippen LogP contribution is -2.21. The Hall–Kier alpha value is -1.10. The zero-order chi connectivity index (χ0) is 10.8. The number of rotatable bonds is 2. The highest BCUT2D eigenvalue weighted by Gasteiger charge is 2.40. The molecule has 1 aromatic rings. The van der Waals surface area contributed by atoms with Crippen LogP contribution in [0.2, 0.25) is 0 Å².